The molecule has 2 saturated heterocycles. The number of carbonyl (C=O) groups is 1. The molecule has 2 N–H and O–H groups in total. The summed E-state index contributed by atoms with van der Waals surface area (Å²) in [5.41, 5.74) is 2.28. The van der Waals surface area contributed by atoms with Gasteiger partial charge in [0.05, 0.1) is 16.1 Å². The summed E-state index contributed by atoms with van der Waals surface area (Å²) in [5.74, 6) is 0.627. The molecule has 1 aromatic heterocycles. The van der Waals surface area contributed by atoms with Gasteiger partial charge in [0.25, 0.3) is 5.91 Å². The molecule has 172 valence electrons. The first-order valence-electron chi connectivity index (χ1n) is 11.1. The van der Waals surface area contributed by atoms with E-state index < -0.39 is 0 Å². The van der Waals surface area contributed by atoms with Crippen LogP contribution in [0, 0.1) is 6.92 Å². The normalized spacial score (nSPS) is 20.0. The number of hydrogen-bond acceptors (Lipinski definition) is 6. The molecule has 0 spiro atoms. The van der Waals surface area contributed by atoms with Gasteiger partial charge in [0.2, 0.25) is 0 Å². The third-order valence-electron chi connectivity index (χ3n) is 6.44. The Morgan fingerprint density at radius 3 is 2.62 bits per heavy atom. The largest absolute Gasteiger partial charge is 0.392 e. The second-order valence-electron chi connectivity index (χ2n) is 8.58. The van der Waals surface area contributed by atoms with Gasteiger partial charge in [-0.3, -0.25) is 9.69 Å². The van der Waals surface area contributed by atoms with Gasteiger partial charge in [-0.2, -0.15) is 0 Å². The zero-order valence-corrected chi connectivity index (χ0v) is 19.7. The van der Waals surface area contributed by atoms with E-state index in [2.05, 4.69) is 20.2 Å². The van der Waals surface area contributed by atoms with Crippen LogP contribution in [0.5, 0.6) is 0 Å². The highest BCUT2D eigenvalue weighted by molar-refractivity contribution is 6.42. The summed E-state index contributed by atoms with van der Waals surface area (Å²) in [4.78, 5) is 26.0. The molecule has 1 amide bonds. The smallest absolute Gasteiger partial charge is 0.272 e. The number of rotatable bonds is 6. The molecule has 2 fully saturated rings. The van der Waals surface area contributed by atoms with E-state index in [0.717, 1.165) is 49.9 Å². The number of β-amino-alcohol motifs (C(OH)–C–C–N with tert-alkyl or cyclic N) is 1. The molecule has 0 aliphatic carbocycles. The Bertz CT molecular complexity index is 965. The van der Waals surface area contributed by atoms with Crippen LogP contribution in [0.3, 0.4) is 0 Å². The second-order valence-corrected chi connectivity index (χ2v) is 9.40. The number of anilines is 1. The van der Waals surface area contributed by atoms with E-state index in [0.29, 0.717) is 47.2 Å². The van der Waals surface area contributed by atoms with Gasteiger partial charge in [-0.05, 0) is 50.3 Å². The fourth-order valence-electron chi connectivity index (χ4n) is 4.55. The first kappa shape index (κ1) is 23.2. The molecule has 9 heteroatoms. The monoisotopic (exact) mass is 477 g/mol. The number of aliphatic hydroxyl groups is 1. The summed E-state index contributed by atoms with van der Waals surface area (Å²) in [6.45, 7) is 5.64. The van der Waals surface area contributed by atoms with Crippen LogP contribution in [0.15, 0.2) is 24.5 Å². The van der Waals surface area contributed by atoms with E-state index in [1.807, 2.05) is 24.0 Å². The Morgan fingerprint density at radius 1 is 1.16 bits per heavy atom. The number of aromatic nitrogens is 2. The quantitative estimate of drug-likeness (QED) is 0.663. The maximum Gasteiger partial charge on any atom is 0.272 e. The first-order valence-corrected chi connectivity index (χ1v) is 11.9. The number of aliphatic hydroxyl groups excluding tert-OH is 1. The summed E-state index contributed by atoms with van der Waals surface area (Å²) < 4.78 is 0. The number of likely N-dealkylation sites (tertiary alicyclic amines) is 2. The number of amides is 1. The first-order chi connectivity index (χ1) is 15.4. The van der Waals surface area contributed by atoms with Crippen molar-refractivity contribution in [3.8, 4) is 0 Å². The van der Waals surface area contributed by atoms with Crippen LogP contribution in [-0.4, -0.2) is 75.7 Å². The van der Waals surface area contributed by atoms with Gasteiger partial charge in [0, 0.05) is 44.3 Å². The van der Waals surface area contributed by atoms with Crippen LogP contribution >= 0.6 is 23.2 Å². The Balaban J connectivity index is 1.33. The van der Waals surface area contributed by atoms with Crippen LogP contribution < -0.4 is 5.32 Å². The molecule has 32 heavy (non-hydrogen) atoms. The van der Waals surface area contributed by atoms with Gasteiger partial charge in [-0.25, -0.2) is 9.97 Å². The number of piperidine rings is 1. The molecular weight excluding hydrogens is 449 g/mol. The molecule has 0 unspecified atom stereocenters. The fraction of sp³-hybridized carbons (Fsp3) is 0.522. The number of carbonyl (C=O) groups excluding carboxylic acids is 1. The van der Waals surface area contributed by atoms with E-state index in [9.17, 15) is 9.90 Å². The molecular formula is C23H29Cl2N5O2. The maximum absolute atomic E-state index is 13.1. The number of hydrogen-bond donors (Lipinski definition) is 2. The van der Waals surface area contributed by atoms with Crippen molar-refractivity contribution in [1.29, 1.82) is 0 Å². The minimum absolute atomic E-state index is 0.0441. The number of halogens is 2. The van der Waals surface area contributed by atoms with Crippen molar-refractivity contribution in [1.82, 2.24) is 19.8 Å². The van der Waals surface area contributed by atoms with E-state index >= 15 is 0 Å². The Morgan fingerprint density at radius 2 is 1.94 bits per heavy atom. The number of nitrogens with zero attached hydrogens (tertiary/aromatic N) is 4. The molecule has 0 bridgehead atoms. The predicted molar refractivity (Wildman–Crippen MR) is 127 cm³/mol. The molecule has 2 aliphatic rings. The predicted octanol–water partition coefficient (Wildman–Crippen LogP) is 3.42. The van der Waals surface area contributed by atoms with Crippen LogP contribution in [0.2, 0.25) is 10.0 Å². The van der Waals surface area contributed by atoms with Gasteiger partial charge in [-0.15, -0.1) is 0 Å². The van der Waals surface area contributed by atoms with Crippen molar-refractivity contribution >= 4 is 34.9 Å². The summed E-state index contributed by atoms with van der Waals surface area (Å²) in [7, 11) is 0. The minimum Gasteiger partial charge on any atom is -0.392 e. The molecule has 3 heterocycles. The Kier molecular flexibility index (Phi) is 7.51. The molecule has 0 radical (unpaired) electrons. The molecule has 1 aromatic carbocycles. The lowest BCUT2D eigenvalue weighted by molar-refractivity contribution is 0.0621. The van der Waals surface area contributed by atoms with Gasteiger partial charge >= 0.3 is 0 Å². The zero-order valence-electron chi connectivity index (χ0n) is 18.2. The van der Waals surface area contributed by atoms with Crippen molar-refractivity contribution in [2.75, 3.05) is 38.0 Å². The third kappa shape index (κ3) is 5.34. The summed E-state index contributed by atoms with van der Waals surface area (Å²) in [5, 5.41) is 14.2. The summed E-state index contributed by atoms with van der Waals surface area (Å²) in [6.07, 6.45) is 4.69. The molecule has 4 rings (SSSR count). The van der Waals surface area contributed by atoms with E-state index in [1.54, 1.807) is 6.07 Å². The average molecular weight is 478 g/mol. The summed E-state index contributed by atoms with van der Waals surface area (Å²) in [6, 6.07) is 6.05. The Hall–Kier alpha value is -1.93. The van der Waals surface area contributed by atoms with E-state index in [1.165, 1.54) is 6.33 Å². The van der Waals surface area contributed by atoms with Crippen molar-refractivity contribution in [3.05, 3.63) is 51.4 Å². The lowest BCUT2D eigenvalue weighted by Crippen LogP contribution is -2.46. The van der Waals surface area contributed by atoms with Gasteiger partial charge in [-0.1, -0.05) is 29.3 Å². The highest BCUT2D eigenvalue weighted by atomic mass is 35.5. The SMILES string of the molecule is Cc1c(NCCc2ccc(Cl)c(Cl)c2)ncnc1C(=O)N1CCC(N2CC[C@@H](O)C2)CC1. The van der Waals surface area contributed by atoms with Crippen molar-refractivity contribution in [2.45, 2.75) is 44.8 Å². The number of benzene rings is 1. The summed E-state index contributed by atoms with van der Waals surface area (Å²) >= 11 is 12.1. The fourth-order valence-corrected chi connectivity index (χ4v) is 4.87. The van der Waals surface area contributed by atoms with Gasteiger partial charge in [0.1, 0.15) is 17.8 Å². The highest BCUT2D eigenvalue weighted by Crippen LogP contribution is 2.25. The van der Waals surface area contributed by atoms with Crippen molar-refractivity contribution in [2.24, 2.45) is 0 Å². The molecule has 2 aliphatic heterocycles. The minimum atomic E-state index is -0.207. The third-order valence-corrected chi connectivity index (χ3v) is 7.18. The van der Waals surface area contributed by atoms with E-state index in [-0.39, 0.29) is 12.0 Å². The Labute approximate surface area is 198 Å². The maximum atomic E-state index is 13.1. The molecule has 1 atom stereocenters. The van der Waals surface area contributed by atoms with Gasteiger partial charge < -0.3 is 15.3 Å². The molecule has 0 saturated carbocycles. The van der Waals surface area contributed by atoms with Crippen molar-refractivity contribution < 1.29 is 9.90 Å². The lowest BCUT2D eigenvalue weighted by Gasteiger charge is -2.36. The lowest BCUT2D eigenvalue weighted by atomic mass is 10.0. The number of nitrogens with one attached hydrogen (secondary N) is 1. The van der Waals surface area contributed by atoms with Crippen LogP contribution in [0.25, 0.3) is 0 Å². The second kappa shape index (κ2) is 10.3. The molecule has 7 nitrogen and oxygen atoms in total. The van der Waals surface area contributed by atoms with Crippen molar-refractivity contribution in [3.63, 3.8) is 0 Å². The van der Waals surface area contributed by atoms with E-state index in [4.69, 9.17) is 23.2 Å². The highest BCUT2D eigenvalue weighted by Gasteiger charge is 2.32. The van der Waals surface area contributed by atoms with Crippen LogP contribution in [0.1, 0.15) is 40.9 Å². The molecule has 2 aromatic rings. The van der Waals surface area contributed by atoms with Gasteiger partial charge in [0.15, 0.2) is 0 Å². The average Bonchev–Trinajstić information content (AvgIpc) is 3.23. The zero-order chi connectivity index (χ0) is 22.7. The van der Waals surface area contributed by atoms with Crippen LogP contribution in [-0.2, 0) is 6.42 Å². The topological polar surface area (TPSA) is 81.6 Å². The standard InChI is InChI=1S/C23H29Cl2N5O2/c1-15-21(23(32)29-9-5-17(6-10-29)30-11-7-18(31)13-30)27-14-28-22(15)26-8-4-16-2-3-19(24)20(25)12-16/h2-3,12,14,17-18,31H,4-11,13H2,1H3,(H,26,27,28)/t18-/m1/s1. The van der Waals surface area contributed by atoms with Crippen LogP contribution in [0.4, 0.5) is 5.82 Å².